The number of nitrogens with two attached hydrogens (primary N) is 1. The van der Waals surface area contributed by atoms with Gasteiger partial charge >= 0.3 is 5.69 Å². The van der Waals surface area contributed by atoms with Crippen LogP contribution < -0.4 is 21.2 Å². The van der Waals surface area contributed by atoms with Crippen LogP contribution in [-0.4, -0.2) is 35.3 Å². The summed E-state index contributed by atoms with van der Waals surface area (Å²) in [5, 5.41) is 0. The Morgan fingerprint density at radius 3 is 2.00 bits per heavy atom. The van der Waals surface area contributed by atoms with Crippen molar-refractivity contribution < 1.29 is 0 Å². The van der Waals surface area contributed by atoms with Crippen molar-refractivity contribution in [1.29, 1.82) is 0 Å². The normalized spacial score (nSPS) is 14.9. The fourth-order valence-corrected chi connectivity index (χ4v) is 4.10. The zero-order valence-corrected chi connectivity index (χ0v) is 16.1. The van der Waals surface area contributed by atoms with Gasteiger partial charge in [-0.1, -0.05) is 18.2 Å². The largest absolute Gasteiger partial charge is 0.397 e. The molecule has 6 nitrogen and oxygen atoms in total. The molecular formula is C21H27N5O. The summed E-state index contributed by atoms with van der Waals surface area (Å²) in [6.07, 6.45) is 0. The third-order valence-corrected chi connectivity index (χ3v) is 5.54. The third-order valence-electron chi connectivity index (χ3n) is 5.54. The van der Waals surface area contributed by atoms with Crippen LogP contribution in [0.2, 0.25) is 0 Å². The van der Waals surface area contributed by atoms with E-state index in [-0.39, 0.29) is 5.69 Å². The van der Waals surface area contributed by atoms with Crippen LogP contribution in [0.1, 0.15) is 13.8 Å². The number of para-hydroxylation sites is 1. The lowest BCUT2D eigenvalue weighted by Gasteiger charge is -2.37. The minimum atomic E-state index is 0.0421. The van der Waals surface area contributed by atoms with Gasteiger partial charge in [-0.15, -0.1) is 0 Å². The molecule has 1 fully saturated rings. The summed E-state index contributed by atoms with van der Waals surface area (Å²) in [6, 6.07) is 14.6. The Labute approximate surface area is 159 Å². The summed E-state index contributed by atoms with van der Waals surface area (Å²) < 4.78 is 3.63. The number of nitrogen functional groups attached to an aromatic ring is 1. The van der Waals surface area contributed by atoms with Gasteiger partial charge in [-0.3, -0.25) is 9.13 Å². The Bertz CT molecular complexity index is 997. The second-order valence-corrected chi connectivity index (χ2v) is 6.98. The molecule has 2 aromatic carbocycles. The van der Waals surface area contributed by atoms with Crippen molar-refractivity contribution in [2.24, 2.45) is 0 Å². The molecule has 2 N–H and O–H groups in total. The van der Waals surface area contributed by atoms with Gasteiger partial charge in [0, 0.05) is 45.0 Å². The molecule has 0 radical (unpaired) electrons. The van der Waals surface area contributed by atoms with E-state index in [4.69, 9.17) is 5.73 Å². The van der Waals surface area contributed by atoms with Crippen LogP contribution in [0.25, 0.3) is 11.0 Å². The molecule has 2 heterocycles. The van der Waals surface area contributed by atoms with Crippen LogP contribution in [0.4, 0.5) is 17.1 Å². The summed E-state index contributed by atoms with van der Waals surface area (Å²) in [5.74, 6) is 0. The quantitative estimate of drug-likeness (QED) is 0.722. The van der Waals surface area contributed by atoms with Gasteiger partial charge in [0.1, 0.15) is 0 Å². The lowest BCUT2D eigenvalue weighted by Crippen LogP contribution is -2.46. The molecule has 4 rings (SSSR count). The minimum absolute atomic E-state index is 0.0421. The Hall–Kier alpha value is -2.89. The van der Waals surface area contributed by atoms with Gasteiger partial charge in [-0.25, -0.2) is 4.79 Å². The minimum Gasteiger partial charge on any atom is -0.397 e. The van der Waals surface area contributed by atoms with Crippen LogP contribution in [0.15, 0.2) is 47.3 Å². The highest BCUT2D eigenvalue weighted by Crippen LogP contribution is 2.30. The summed E-state index contributed by atoms with van der Waals surface area (Å²) in [7, 11) is 0. The highest BCUT2D eigenvalue weighted by molar-refractivity contribution is 5.88. The average molecular weight is 365 g/mol. The number of nitrogens with zero attached hydrogens (tertiary/aromatic N) is 4. The number of aromatic nitrogens is 2. The van der Waals surface area contributed by atoms with Gasteiger partial charge in [0.2, 0.25) is 0 Å². The Balaban J connectivity index is 1.65. The number of hydrogen-bond donors (Lipinski definition) is 1. The molecule has 0 bridgehead atoms. The smallest absolute Gasteiger partial charge is 0.329 e. The molecule has 1 saturated heterocycles. The van der Waals surface area contributed by atoms with E-state index in [1.807, 2.05) is 30.5 Å². The number of hydrogen-bond acceptors (Lipinski definition) is 4. The number of anilines is 3. The molecule has 1 aliphatic heterocycles. The molecule has 0 aliphatic carbocycles. The van der Waals surface area contributed by atoms with Crippen molar-refractivity contribution in [2.45, 2.75) is 26.9 Å². The molecular weight excluding hydrogens is 338 g/mol. The lowest BCUT2D eigenvalue weighted by atomic mass is 10.1. The van der Waals surface area contributed by atoms with Crippen molar-refractivity contribution in [2.75, 3.05) is 41.7 Å². The molecule has 1 aliphatic rings. The monoisotopic (exact) mass is 365 g/mol. The first kappa shape index (κ1) is 17.5. The van der Waals surface area contributed by atoms with Crippen LogP contribution in [0, 0.1) is 0 Å². The molecule has 142 valence electrons. The fraction of sp³-hybridized carbons (Fsp3) is 0.381. The number of piperazine rings is 1. The SMILES string of the molecule is CCn1c(=O)n(CC)c2cc(N3CCN(c4ccccc4)CC3)c(N)cc21. The first-order valence-electron chi connectivity index (χ1n) is 9.71. The Morgan fingerprint density at radius 1 is 0.852 bits per heavy atom. The van der Waals surface area contributed by atoms with Gasteiger partial charge in [0.15, 0.2) is 0 Å². The van der Waals surface area contributed by atoms with Crippen LogP contribution in [0.5, 0.6) is 0 Å². The van der Waals surface area contributed by atoms with Crippen LogP contribution >= 0.6 is 0 Å². The molecule has 3 aromatic rings. The van der Waals surface area contributed by atoms with E-state index in [0.717, 1.165) is 48.6 Å². The number of fused-ring (bicyclic) bond motifs is 1. The van der Waals surface area contributed by atoms with Crippen molar-refractivity contribution in [1.82, 2.24) is 9.13 Å². The molecule has 6 heteroatoms. The second-order valence-electron chi connectivity index (χ2n) is 6.98. The van der Waals surface area contributed by atoms with Gasteiger partial charge in [0.05, 0.1) is 22.4 Å². The maximum Gasteiger partial charge on any atom is 0.329 e. The molecule has 0 atom stereocenters. The van der Waals surface area contributed by atoms with E-state index in [2.05, 4.69) is 40.1 Å². The summed E-state index contributed by atoms with van der Waals surface area (Å²) in [6.45, 7) is 9.05. The first-order valence-corrected chi connectivity index (χ1v) is 9.71. The van der Waals surface area contributed by atoms with E-state index in [1.54, 1.807) is 4.57 Å². The van der Waals surface area contributed by atoms with Gasteiger partial charge in [-0.2, -0.15) is 0 Å². The molecule has 0 unspecified atom stereocenters. The standard InChI is InChI=1S/C21H27N5O/c1-3-25-19-14-17(22)18(15-20(19)26(4-2)21(25)27)24-12-10-23(11-13-24)16-8-6-5-7-9-16/h5-9,14-15H,3-4,10-13,22H2,1-2H3. The average Bonchev–Trinajstić information content (AvgIpc) is 2.97. The predicted molar refractivity (Wildman–Crippen MR) is 113 cm³/mol. The zero-order chi connectivity index (χ0) is 19.0. The lowest BCUT2D eigenvalue weighted by molar-refractivity contribution is 0.654. The number of rotatable bonds is 4. The highest BCUT2D eigenvalue weighted by atomic mass is 16.1. The summed E-state index contributed by atoms with van der Waals surface area (Å²) in [4.78, 5) is 17.4. The van der Waals surface area contributed by atoms with E-state index < -0.39 is 0 Å². The molecule has 1 aromatic heterocycles. The Morgan fingerprint density at radius 2 is 1.41 bits per heavy atom. The highest BCUT2D eigenvalue weighted by Gasteiger charge is 2.21. The van der Waals surface area contributed by atoms with Crippen molar-refractivity contribution >= 4 is 28.1 Å². The van der Waals surface area contributed by atoms with Crippen molar-refractivity contribution in [3.63, 3.8) is 0 Å². The molecule has 0 saturated carbocycles. The number of imidazole rings is 1. The molecule has 0 amide bonds. The number of aryl methyl sites for hydroxylation is 2. The zero-order valence-electron chi connectivity index (χ0n) is 16.1. The van der Waals surface area contributed by atoms with Gasteiger partial charge in [0.25, 0.3) is 0 Å². The molecule has 27 heavy (non-hydrogen) atoms. The third kappa shape index (κ3) is 2.95. The Kier molecular flexibility index (Phi) is 4.56. The number of benzene rings is 2. The maximum absolute atomic E-state index is 12.6. The van der Waals surface area contributed by atoms with E-state index in [9.17, 15) is 4.79 Å². The topological polar surface area (TPSA) is 59.4 Å². The van der Waals surface area contributed by atoms with Crippen molar-refractivity contribution in [3.8, 4) is 0 Å². The van der Waals surface area contributed by atoms with E-state index in [1.165, 1.54) is 5.69 Å². The van der Waals surface area contributed by atoms with Gasteiger partial charge < -0.3 is 15.5 Å². The molecule has 0 spiro atoms. The van der Waals surface area contributed by atoms with Crippen LogP contribution in [0.3, 0.4) is 0 Å². The van der Waals surface area contributed by atoms with Gasteiger partial charge in [-0.05, 0) is 38.1 Å². The fourth-order valence-electron chi connectivity index (χ4n) is 4.10. The van der Waals surface area contributed by atoms with E-state index in [0.29, 0.717) is 13.1 Å². The second kappa shape index (κ2) is 7.02. The summed E-state index contributed by atoms with van der Waals surface area (Å²) >= 11 is 0. The predicted octanol–water partition coefficient (Wildman–Crippen LogP) is 2.75. The maximum atomic E-state index is 12.6. The summed E-state index contributed by atoms with van der Waals surface area (Å²) in [5.41, 5.74) is 11.4. The van der Waals surface area contributed by atoms with E-state index >= 15 is 0 Å². The van der Waals surface area contributed by atoms with Crippen LogP contribution in [-0.2, 0) is 13.1 Å². The van der Waals surface area contributed by atoms with Crippen molar-refractivity contribution in [3.05, 3.63) is 52.9 Å². The first-order chi connectivity index (χ1) is 13.1.